The van der Waals surface area contributed by atoms with Gasteiger partial charge in [0.05, 0.1) is 7.11 Å². The van der Waals surface area contributed by atoms with Crippen LogP contribution in [-0.4, -0.2) is 19.4 Å². The third-order valence-electron chi connectivity index (χ3n) is 1.69. The topological polar surface area (TPSA) is 43.4 Å². The van der Waals surface area contributed by atoms with E-state index in [1.54, 1.807) is 0 Å². The van der Waals surface area contributed by atoms with E-state index in [0.717, 1.165) is 12.1 Å². The van der Waals surface area contributed by atoms with Crippen molar-refractivity contribution in [3.8, 4) is 0 Å². The Bertz CT molecular complexity index is 410. The molecule has 0 unspecified atom stereocenters. The normalized spacial score (nSPS) is 10.3. The van der Waals surface area contributed by atoms with E-state index in [2.05, 4.69) is 4.74 Å². The smallest absolute Gasteiger partial charge is 0.330 e. The zero-order valence-corrected chi connectivity index (χ0v) is 8.07. The van der Waals surface area contributed by atoms with Crippen LogP contribution in [-0.2, 0) is 9.53 Å². The Balaban J connectivity index is 2.94. The lowest BCUT2D eigenvalue weighted by Crippen LogP contribution is -1.93. The van der Waals surface area contributed by atoms with Gasteiger partial charge < -0.3 is 4.74 Å². The molecule has 3 nitrogen and oxygen atoms in total. The number of ether oxygens (including phenoxy) is 1. The first-order chi connectivity index (χ1) is 7.15. The number of carbonyl (C=O) groups excluding carboxylic acids is 2. The van der Waals surface area contributed by atoms with Crippen molar-refractivity contribution in [2.24, 2.45) is 0 Å². The molecular formula is C11H9FO3. The molecule has 78 valence electrons. The second kappa shape index (κ2) is 5.05. The fraction of sp³-hybridized carbons (Fsp3) is 0.0909. The number of hydrogen-bond acceptors (Lipinski definition) is 3. The number of aldehydes is 1. The lowest BCUT2D eigenvalue weighted by atomic mass is 10.1. The lowest BCUT2D eigenvalue weighted by Gasteiger charge is -1.96. The highest BCUT2D eigenvalue weighted by atomic mass is 19.1. The zero-order valence-electron chi connectivity index (χ0n) is 8.07. The van der Waals surface area contributed by atoms with E-state index >= 15 is 0 Å². The van der Waals surface area contributed by atoms with Gasteiger partial charge in [0, 0.05) is 11.6 Å². The van der Waals surface area contributed by atoms with Gasteiger partial charge in [-0.2, -0.15) is 0 Å². The Labute approximate surface area is 86.2 Å². The van der Waals surface area contributed by atoms with E-state index in [1.807, 2.05) is 0 Å². The third kappa shape index (κ3) is 3.34. The number of halogens is 1. The summed E-state index contributed by atoms with van der Waals surface area (Å²) in [5.41, 5.74) is 0.655. The molecule has 4 heteroatoms. The molecule has 0 aliphatic heterocycles. The maximum absolute atomic E-state index is 12.9. The third-order valence-corrected chi connectivity index (χ3v) is 1.69. The van der Waals surface area contributed by atoms with Crippen LogP contribution in [0.2, 0.25) is 0 Å². The molecule has 0 spiro atoms. The summed E-state index contributed by atoms with van der Waals surface area (Å²) in [4.78, 5) is 21.2. The highest BCUT2D eigenvalue weighted by Crippen LogP contribution is 2.09. The number of hydrogen-bond donors (Lipinski definition) is 0. The Morgan fingerprint density at radius 2 is 2.00 bits per heavy atom. The first kappa shape index (κ1) is 11.1. The van der Waals surface area contributed by atoms with Crippen molar-refractivity contribution >= 4 is 18.3 Å². The summed E-state index contributed by atoms with van der Waals surface area (Å²) in [6.07, 6.45) is 3.07. The Hall–Kier alpha value is -1.97. The summed E-state index contributed by atoms with van der Waals surface area (Å²) in [5, 5.41) is 0. The van der Waals surface area contributed by atoms with Gasteiger partial charge in [-0.1, -0.05) is 0 Å². The van der Waals surface area contributed by atoms with Crippen molar-refractivity contribution in [2.45, 2.75) is 0 Å². The fourth-order valence-corrected chi connectivity index (χ4v) is 1.03. The minimum atomic E-state index is -0.535. The van der Waals surface area contributed by atoms with Crippen LogP contribution in [0.4, 0.5) is 4.39 Å². The van der Waals surface area contributed by atoms with Crippen LogP contribution in [0.5, 0.6) is 0 Å². The molecule has 0 saturated heterocycles. The second-order valence-electron chi connectivity index (χ2n) is 2.79. The summed E-state index contributed by atoms with van der Waals surface area (Å²) in [6, 6.07) is 3.80. The van der Waals surface area contributed by atoms with E-state index in [0.29, 0.717) is 11.8 Å². The van der Waals surface area contributed by atoms with Crippen LogP contribution in [0.15, 0.2) is 24.3 Å². The van der Waals surface area contributed by atoms with Crippen LogP contribution in [0.1, 0.15) is 15.9 Å². The number of rotatable bonds is 3. The summed E-state index contributed by atoms with van der Waals surface area (Å²) < 4.78 is 17.3. The van der Waals surface area contributed by atoms with E-state index < -0.39 is 11.8 Å². The quantitative estimate of drug-likeness (QED) is 0.432. The van der Waals surface area contributed by atoms with E-state index in [9.17, 15) is 14.0 Å². The fourth-order valence-electron chi connectivity index (χ4n) is 1.03. The number of benzene rings is 1. The molecule has 1 rings (SSSR count). The molecule has 0 heterocycles. The molecule has 0 saturated carbocycles. The maximum atomic E-state index is 12.9. The first-order valence-electron chi connectivity index (χ1n) is 4.17. The molecule has 0 aliphatic carbocycles. The molecule has 0 bridgehead atoms. The standard InChI is InChI=1S/C11H9FO3/c1-15-11(14)3-2-8-4-9(7-13)6-10(12)5-8/h2-7H,1H3. The summed E-state index contributed by atoms with van der Waals surface area (Å²) in [6.45, 7) is 0. The summed E-state index contributed by atoms with van der Waals surface area (Å²) >= 11 is 0. The van der Waals surface area contributed by atoms with Gasteiger partial charge >= 0.3 is 5.97 Å². The van der Waals surface area contributed by atoms with Crippen molar-refractivity contribution in [2.75, 3.05) is 7.11 Å². The van der Waals surface area contributed by atoms with Crippen molar-refractivity contribution in [1.29, 1.82) is 0 Å². The molecule has 0 atom stereocenters. The number of methoxy groups -OCH3 is 1. The minimum Gasteiger partial charge on any atom is -0.466 e. The predicted octanol–water partition coefficient (Wildman–Crippen LogP) is 1.82. The van der Waals surface area contributed by atoms with Crippen LogP contribution in [0, 0.1) is 5.82 Å². The van der Waals surface area contributed by atoms with Crippen LogP contribution in [0.3, 0.4) is 0 Å². The molecule has 1 aromatic rings. The average Bonchev–Trinajstić information content (AvgIpc) is 2.25. The van der Waals surface area contributed by atoms with Gasteiger partial charge in [0.15, 0.2) is 0 Å². The molecule has 0 amide bonds. The maximum Gasteiger partial charge on any atom is 0.330 e. The van der Waals surface area contributed by atoms with Crippen molar-refractivity contribution in [3.05, 3.63) is 41.2 Å². The molecule has 1 aromatic carbocycles. The highest BCUT2D eigenvalue weighted by molar-refractivity contribution is 5.87. The van der Waals surface area contributed by atoms with Gasteiger partial charge in [-0.05, 0) is 29.8 Å². The summed E-state index contributed by atoms with van der Waals surface area (Å²) in [5.74, 6) is -1.06. The lowest BCUT2D eigenvalue weighted by molar-refractivity contribution is -0.134. The van der Waals surface area contributed by atoms with Crippen LogP contribution < -0.4 is 0 Å². The van der Waals surface area contributed by atoms with Gasteiger partial charge in [-0.3, -0.25) is 4.79 Å². The first-order valence-corrected chi connectivity index (χ1v) is 4.17. The monoisotopic (exact) mass is 208 g/mol. The minimum absolute atomic E-state index is 0.222. The van der Waals surface area contributed by atoms with Gasteiger partial charge in [-0.15, -0.1) is 0 Å². The Morgan fingerprint density at radius 3 is 2.60 bits per heavy atom. The largest absolute Gasteiger partial charge is 0.466 e. The SMILES string of the molecule is COC(=O)C=Cc1cc(F)cc(C=O)c1. The molecule has 0 aromatic heterocycles. The van der Waals surface area contributed by atoms with Gasteiger partial charge in [0.1, 0.15) is 12.1 Å². The van der Waals surface area contributed by atoms with Gasteiger partial charge in [0.2, 0.25) is 0 Å². The van der Waals surface area contributed by atoms with Gasteiger partial charge in [-0.25, -0.2) is 9.18 Å². The average molecular weight is 208 g/mol. The number of carbonyl (C=O) groups is 2. The van der Waals surface area contributed by atoms with Crippen molar-refractivity contribution < 1.29 is 18.7 Å². The molecular weight excluding hydrogens is 199 g/mol. The molecule has 0 radical (unpaired) electrons. The molecule has 0 N–H and O–H groups in total. The zero-order chi connectivity index (χ0) is 11.3. The Kier molecular flexibility index (Phi) is 3.74. The van der Waals surface area contributed by atoms with Crippen molar-refractivity contribution in [1.82, 2.24) is 0 Å². The molecule has 0 aliphatic rings. The van der Waals surface area contributed by atoms with Crippen LogP contribution in [0.25, 0.3) is 6.08 Å². The molecule has 15 heavy (non-hydrogen) atoms. The summed E-state index contributed by atoms with van der Waals surface area (Å²) in [7, 11) is 1.25. The predicted molar refractivity (Wildman–Crippen MR) is 52.8 cm³/mol. The van der Waals surface area contributed by atoms with Crippen molar-refractivity contribution in [3.63, 3.8) is 0 Å². The molecule has 0 fully saturated rings. The van der Waals surface area contributed by atoms with Gasteiger partial charge in [0.25, 0.3) is 0 Å². The Morgan fingerprint density at radius 1 is 1.33 bits per heavy atom. The van der Waals surface area contributed by atoms with E-state index in [1.165, 1.54) is 25.3 Å². The second-order valence-corrected chi connectivity index (χ2v) is 2.79. The van der Waals surface area contributed by atoms with E-state index in [4.69, 9.17) is 0 Å². The number of esters is 1. The highest BCUT2D eigenvalue weighted by Gasteiger charge is 1.98. The van der Waals surface area contributed by atoms with E-state index in [-0.39, 0.29) is 5.56 Å². The van der Waals surface area contributed by atoms with Crippen LogP contribution >= 0.6 is 0 Å².